The van der Waals surface area contributed by atoms with E-state index in [0.717, 1.165) is 19.3 Å². The number of nitrogens with one attached hydrogen (secondary N) is 1. The second-order valence-corrected chi connectivity index (χ2v) is 5.35. The van der Waals surface area contributed by atoms with E-state index in [0.29, 0.717) is 11.4 Å². The standard InChI is InChI=1S/C17H18N2O2/c1-21-15-9-8-13(12-18-15)16(20)19-17(10-5-11-17)14-6-3-2-4-7-14/h2-4,6-9,12H,5,10-11H2,1H3,(H,19,20). The number of benzene rings is 1. The first-order valence-corrected chi connectivity index (χ1v) is 7.12. The molecule has 0 radical (unpaired) electrons. The second-order valence-electron chi connectivity index (χ2n) is 5.35. The lowest BCUT2D eigenvalue weighted by molar-refractivity contribution is 0.0823. The summed E-state index contributed by atoms with van der Waals surface area (Å²) in [6.07, 6.45) is 4.64. The predicted octanol–water partition coefficient (Wildman–Crippen LogP) is 2.90. The number of ether oxygens (including phenoxy) is 1. The Balaban J connectivity index is 1.79. The maximum atomic E-state index is 12.4. The third-order valence-corrected chi connectivity index (χ3v) is 4.09. The van der Waals surface area contributed by atoms with Gasteiger partial charge in [0.2, 0.25) is 5.88 Å². The molecular weight excluding hydrogens is 264 g/mol. The van der Waals surface area contributed by atoms with Crippen molar-refractivity contribution in [1.82, 2.24) is 10.3 Å². The Kier molecular flexibility index (Phi) is 3.60. The van der Waals surface area contributed by atoms with Crippen LogP contribution in [0.25, 0.3) is 0 Å². The minimum Gasteiger partial charge on any atom is -0.481 e. The van der Waals surface area contributed by atoms with E-state index in [1.54, 1.807) is 25.4 Å². The molecule has 0 bridgehead atoms. The summed E-state index contributed by atoms with van der Waals surface area (Å²) in [5.74, 6) is 0.418. The molecule has 1 N–H and O–H groups in total. The van der Waals surface area contributed by atoms with Gasteiger partial charge in [-0.05, 0) is 30.9 Å². The summed E-state index contributed by atoms with van der Waals surface area (Å²) < 4.78 is 5.01. The Morgan fingerprint density at radius 1 is 1.19 bits per heavy atom. The zero-order chi connectivity index (χ0) is 14.7. The summed E-state index contributed by atoms with van der Waals surface area (Å²) in [6, 6.07) is 13.6. The topological polar surface area (TPSA) is 51.2 Å². The molecule has 1 heterocycles. The summed E-state index contributed by atoms with van der Waals surface area (Å²) >= 11 is 0. The first-order valence-electron chi connectivity index (χ1n) is 7.12. The van der Waals surface area contributed by atoms with Crippen LogP contribution in [0.3, 0.4) is 0 Å². The summed E-state index contributed by atoms with van der Waals surface area (Å²) in [5, 5.41) is 3.18. The van der Waals surface area contributed by atoms with Crippen molar-refractivity contribution in [3.05, 3.63) is 59.8 Å². The highest BCUT2D eigenvalue weighted by atomic mass is 16.5. The van der Waals surface area contributed by atoms with Crippen LogP contribution in [0.4, 0.5) is 0 Å². The second kappa shape index (κ2) is 5.56. The molecule has 1 aromatic heterocycles. The smallest absolute Gasteiger partial charge is 0.253 e. The van der Waals surface area contributed by atoms with E-state index in [1.165, 1.54) is 5.56 Å². The lowest BCUT2D eigenvalue weighted by Crippen LogP contribution is -2.50. The van der Waals surface area contributed by atoms with Crippen molar-refractivity contribution in [2.45, 2.75) is 24.8 Å². The molecule has 1 amide bonds. The maximum absolute atomic E-state index is 12.4. The van der Waals surface area contributed by atoms with Crippen LogP contribution in [-0.2, 0) is 5.54 Å². The molecule has 4 nitrogen and oxygen atoms in total. The molecule has 1 aliphatic carbocycles. The van der Waals surface area contributed by atoms with Gasteiger partial charge < -0.3 is 10.1 Å². The molecule has 0 saturated heterocycles. The van der Waals surface area contributed by atoms with Gasteiger partial charge in [-0.25, -0.2) is 4.98 Å². The average molecular weight is 282 g/mol. The van der Waals surface area contributed by atoms with Crippen LogP contribution in [0, 0.1) is 0 Å². The van der Waals surface area contributed by atoms with Gasteiger partial charge in [-0.2, -0.15) is 0 Å². The number of hydrogen-bond acceptors (Lipinski definition) is 3. The molecule has 21 heavy (non-hydrogen) atoms. The fourth-order valence-electron chi connectivity index (χ4n) is 2.70. The SMILES string of the molecule is COc1ccc(C(=O)NC2(c3ccccc3)CCC2)cn1. The monoisotopic (exact) mass is 282 g/mol. The van der Waals surface area contributed by atoms with Crippen LogP contribution in [0.1, 0.15) is 35.2 Å². The van der Waals surface area contributed by atoms with E-state index < -0.39 is 0 Å². The molecule has 0 spiro atoms. The van der Waals surface area contributed by atoms with E-state index in [2.05, 4.69) is 22.4 Å². The Morgan fingerprint density at radius 2 is 1.95 bits per heavy atom. The van der Waals surface area contributed by atoms with Gasteiger partial charge in [-0.15, -0.1) is 0 Å². The molecule has 1 aromatic carbocycles. The molecule has 2 aromatic rings. The molecule has 0 aliphatic heterocycles. The Hall–Kier alpha value is -2.36. The molecule has 3 rings (SSSR count). The number of rotatable bonds is 4. The van der Waals surface area contributed by atoms with Crippen molar-refractivity contribution < 1.29 is 9.53 Å². The number of hydrogen-bond donors (Lipinski definition) is 1. The van der Waals surface area contributed by atoms with Crippen molar-refractivity contribution in [3.8, 4) is 5.88 Å². The average Bonchev–Trinajstić information content (AvgIpc) is 2.51. The van der Waals surface area contributed by atoms with Crippen LogP contribution < -0.4 is 10.1 Å². The van der Waals surface area contributed by atoms with E-state index in [-0.39, 0.29) is 11.4 Å². The number of carbonyl (C=O) groups is 1. The highest BCUT2D eigenvalue weighted by Crippen LogP contribution is 2.41. The third-order valence-electron chi connectivity index (χ3n) is 4.09. The molecule has 1 saturated carbocycles. The fourth-order valence-corrected chi connectivity index (χ4v) is 2.70. The van der Waals surface area contributed by atoms with Gasteiger partial charge in [-0.3, -0.25) is 4.79 Å². The molecule has 4 heteroatoms. The molecule has 0 atom stereocenters. The Bertz CT molecular complexity index is 619. The highest BCUT2D eigenvalue weighted by molar-refractivity contribution is 5.94. The number of carbonyl (C=O) groups excluding carboxylic acids is 1. The first-order chi connectivity index (χ1) is 10.2. The summed E-state index contributed by atoms with van der Waals surface area (Å²) in [7, 11) is 1.56. The van der Waals surface area contributed by atoms with E-state index in [9.17, 15) is 4.79 Å². The van der Waals surface area contributed by atoms with Gasteiger partial charge in [0.05, 0.1) is 18.2 Å². The number of pyridine rings is 1. The number of methoxy groups -OCH3 is 1. The Labute approximate surface area is 124 Å². The zero-order valence-corrected chi connectivity index (χ0v) is 12.0. The number of nitrogens with zero attached hydrogens (tertiary/aromatic N) is 1. The van der Waals surface area contributed by atoms with Crippen LogP contribution in [0.15, 0.2) is 48.7 Å². The zero-order valence-electron chi connectivity index (χ0n) is 12.0. The lowest BCUT2D eigenvalue weighted by atomic mass is 9.71. The maximum Gasteiger partial charge on any atom is 0.253 e. The van der Waals surface area contributed by atoms with Crippen molar-refractivity contribution >= 4 is 5.91 Å². The number of amides is 1. The van der Waals surface area contributed by atoms with E-state index in [1.807, 2.05) is 18.2 Å². The van der Waals surface area contributed by atoms with E-state index in [4.69, 9.17) is 4.74 Å². The van der Waals surface area contributed by atoms with Crippen LogP contribution in [0.2, 0.25) is 0 Å². The van der Waals surface area contributed by atoms with Crippen molar-refractivity contribution in [2.75, 3.05) is 7.11 Å². The first kappa shape index (κ1) is 13.6. The van der Waals surface area contributed by atoms with E-state index >= 15 is 0 Å². The third kappa shape index (κ3) is 2.61. The molecule has 108 valence electrons. The minimum absolute atomic E-state index is 0.0892. The van der Waals surface area contributed by atoms with Gasteiger partial charge in [0, 0.05) is 12.3 Å². The molecule has 1 fully saturated rings. The minimum atomic E-state index is -0.224. The summed E-state index contributed by atoms with van der Waals surface area (Å²) in [5.41, 5.74) is 1.50. The van der Waals surface area contributed by atoms with Gasteiger partial charge >= 0.3 is 0 Å². The largest absolute Gasteiger partial charge is 0.481 e. The van der Waals surface area contributed by atoms with Gasteiger partial charge in [0.25, 0.3) is 5.91 Å². The van der Waals surface area contributed by atoms with Crippen molar-refractivity contribution in [3.63, 3.8) is 0 Å². The lowest BCUT2D eigenvalue weighted by Gasteiger charge is -2.43. The normalized spacial score (nSPS) is 15.9. The molecule has 1 aliphatic rings. The van der Waals surface area contributed by atoms with Crippen molar-refractivity contribution in [1.29, 1.82) is 0 Å². The van der Waals surface area contributed by atoms with Gasteiger partial charge in [-0.1, -0.05) is 30.3 Å². The summed E-state index contributed by atoms with van der Waals surface area (Å²) in [6.45, 7) is 0. The molecule has 0 unspecified atom stereocenters. The predicted molar refractivity (Wildman–Crippen MR) is 80.2 cm³/mol. The quantitative estimate of drug-likeness (QED) is 0.938. The van der Waals surface area contributed by atoms with Crippen LogP contribution in [-0.4, -0.2) is 18.0 Å². The molecular formula is C17H18N2O2. The highest BCUT2D eigenvalue weighted by Gasteiger charge is 2.40. The van der Waals surface area contributed by atoms with Crippen LogP contribution in [0.5, 0.6) is 5.88 Å². The van der Waals surface area contributed by atoms with Gasteiger partial charge in [0.15, 0.2) is 0 Å². The van der Waals surface area contributed by atoms with Gasteiger partial charge in [0.1, 0.15) is 0 Å². The fraction of sp³-hybridized carbons (Fsp3) is 0.294. The Morgan fingerprint density at radius 3 is 2.48 bits per heavy atom. The van der Waals surface area contributed by atoms with Crippen molar-refractivity contribution in [2.24, 2.45) is 0 Å². The summed E-state index contributed by atoms with van der Waals surface area (Å²) in [4.78, 5) is 16.5. The number of aromatic nitrogens is 1. The van der Waals surface area contributed by atoms with Crippen LogP contribution >= 0.6 is 0 Å².